The number of fused-ring (bicyclic) bond motifs is 2. The van der Waals surface area contributed by atoms with Crippen molar-refractivity contribution in [2.24, 2.45) is 0 Å². The zero-order chi connectivity index (χ0) is 45.5. The molecule has 8 N–H and O–H groups in total. The van der Waals surface area contributed by atoms with E-state index in [9.17, 15) is 24.0 Å². The van der Waals surface area contributed by atoms with Gasteiger partial charge >= 0.3 is 5.97 Å². The zero-order valence-corrected chi connectivity index (χ0v) is 36.7. The second-order valence-electron chi connectivity index (χ2n) is 13.8. The van der Waals surface area contributed by atoms with Gasteiger partial charge in [-0.15, -0.1) is 10.2 Å². The number of para-hydroxylation sites is 2. The largest absolute Gasteiger partial charge is 0.456 e. The molecule has 324 valence electrons. The number of aromatic nitrogens is 10. The quantitative estimate of drug-likeness (QED) is 0.0586. The number of halogens is 2. The Bertz CT molecular complexity index is 3210. The number of anilines is 4. The van der Waals surface area contributed by atoms with Crippen LogP contribution >= 0.6 is 31.9 Å². The summed E-state index contributed by atoms with van der Waals surface area (Å²) in [7, 11) is 0. The smallest absolute Gasteiger partial charge is 0.303 e. The summed E-state index contributed by atoms with van der Waals surface area (Å²) in [6.07, 6.45) is 0. The molecular formula is C43H32Br2N14O6. The van der Waals surface area contributed by atoms with Gasteiger partial charge in [-0.2, -0.15) is 0 Å². The fourth-order valence-corrected chi connectivity index (χ4v) is 7.19. The highest BCUT2D eigenvalue weighted by Crippen LogP contribution is 2.32. The molecule has 0 spiro atoms. The van der Waals surface area contributed by atoms with Crippen molar-refractivity contribution in [3.8, 4) is 22.8 Å². The summed E-state index contributed by atoms with van der Waals surface area (Å²) in [6.45, 7) is 0.822. The summed E-state index contributed by atoms with van der Waals surface area (Å²) in [5.74, 6) is -1.19. The average Bonchev–Trinajstić information content (AvgIpc) is 4.16. The van der Waals surface area contributed by atoms with Crippen LogP contribution in [0.1, 0.15) is 38.3 Å². The molecule has 0 bridgehead atoms. The van der Waals surface area contributed by atoms with Gasteiger partial charge in [0.25, 0.3) is 23.6 Å². The maximum Gasteiger partial charge on any atom is 0.303 e. The third-order valence-electron chi connectivity index (χ3n) is 9.43. The molecule has 0 saturated carbocycles. The average molecular weight is 1000 g/mol. The SMILES string of the molecule is CC(=O)OCC(=O)Nc1cccc2cc(C(=O)Nc3ccc(Br)cc3-c3nnn[nH]3)[nH]c12.O=C(Nc1cccc2cc(C(=O)Nc3ccc(Br)cc3-c3nnn[nH]3)[nH]c12)c1ccccc1. The molecule has 0 saturated heterocycles. The van der Waals surface area contributed by atoms with Gasteiger partial charge < -0.3 is 36.0 Å². The Kier molecular flexibility index (Phi) is 12.9. The molecule has 0 atom stereocenters. The van der Waals surface area contributed by atoms with Crippen LogP contribution in [0.2, 0.25) is 0 Å². The van der Waals surface area contributed by atoms with Gasteiger partial charge in [0.05, 0.1) is 33.8 Å². The van der Waals surface area contributed by atoms with E-state index < -0.39 is 24.4 Å². The van der Waals surface area contributed by atoms with Crippen molar-refractivity contribution in [2.45, 2.75) is 6.92 Å². The zero-order valence-electron chi connectivity index (χ0n) is 33.6. The molecule has 0 radical (unpaired) electrons. The molecule has 4 heterocycles. The molecule has 22 heteroatoms. The van der Waals surface area contributed by atoms with Gasteiger partial charge in [0.2, 0.25) is 0 Å². The van der Waals surface area contributed by atoms with Crippen molar-refractivity contribution in [3.63, 3.8) is 0 Å². The predicted molar refractivity (Wildman–Crippen MR) is 247 cm³/mol. The fraction of sp³-hybridized carbons (Fsp3) is 0.0465. The Morgan fingerprint density at radius 1 is 0.554 bits per heavy atom. The van der Waals surface area contributed by atoms with Gasteiger partial charge in [-0.25, -0.2) is 10.2 Å². The molecule has 9 aromatic rings. The van der Waals surface area contributed by atoms with Crippen molar-refractivity contribution in [2.75, 3.05) is 27.9 Å². The van der Waals surface area contributed by atoms with Crippen LogP contribution in [0.5, 0.6) is 0 Å². The standard InChI is InChI=1S/C23H16BrN7O2.C20H16BrN7O4/c24-15-9-10-17(16(12-15)21-28-30-31-29-21)26-23(33)19-11-14-7-4-8-18(20(14)25-19)27-22(32)13-5-2-1-3-6-13;1-10(29)32-9-17(30)22-15-4-2-3-11-7-16(23-18(11)15)20(31)24-14-6-5-12(21)8-13(14)19-25-27-28-26-19/h1-12,25H,(H,26,33)(H,27,32)(H,28,29,30,31);2-8,23H,9H2,1H3,(H,22,30)(H,24,31)(H,25,26,27,28). The molecule has 0 aliphatic rings. The Morgan fingerprint density at radius 3 is 1.52 bits per heavy atom. The number of rotatable bonds is 11. The number of esters is 1. The molecule has 20 nitrogen and oxygen atoms in total. The van der Waals surface area contributed by atoms with E-state index >= 15 is 0 Å². The van der Waals surface area contributed by atoms with Gasteiger partial charge in [-0.05, 0) is 93.6 Å². The first-order chi connectivity index (χ1) is 31.5. The third kappa shape index (κ3) is 10.3. The number of nitrogens with zero attached hydrogens (tertiary/aromatic N) is 6. The maximum atomic E-state index is 13.0. The Balaban J connectivity index is 0.000000177. The maximum absolute atomic E-state index is 13.0. The number of aromatic amines is 4. The van der Waals surface area contributed by atoms with Crippen LogP contribution in [-0.2, 0) is 14.3 Å². The number of H-pyrrole nitrogens is 4. The fourth-order valence-electron chi connectivity index (χ4n) is 6.47. The van der Waals surface area contributed by atoms with Crippen LogP contribution in [0.3, 0.4) is 0 Å². The molecule has 5 aromatic carbocycles. The van der Waals surface area contributed by atoms with Crippen molar-refractivity contribution in [3.05, 3.63) is 141 Å². The van der Waals surface area contributed by atoms with Gasteiger partial charge in [-0.1, -0.05) is 74.3 Å². The van der Waals surface area contributed by atoms with Crippen LogP contribution in [0.4, 0.5) is 22.7 Å². The monoisotopic (exact) mass is 998 g/mol. The number of carbonyl (C=O) groups excluding carboxylic acids is 5. The van der Waals surface area contributed by atoms with Crippen molar-refractivity contribution in [1.29, 1.82) is 0 Å². The van der Waals surface area contributed by atoms with E-state index in [1.165, 1.54) is 6.92 Å². The number of carbonyl (C=O) groups is 5. The molecule has 4 amide bonds. The Hall–Kier alpha value is -8.37. The lowest BCUT2D eigenvalue weighted by Crippen LogP contribution is -2.20. The predicted octanol–water partition coefficient (Wildman–Crippen LogP) is 7.48. The lowest BCUT2D eigenvalue weighted by atomic mass is 10.1. The minimum atomic E-state index is -0.550. The molecule has 0 aliphatic carbocycles. The first-order valence-electron chi connectivity index (χ1n) is 19.2. The van der Waals surface area contributed by atoms with Crippen molar-refractivity contribution >= 4 is 106 Å². The van der Waals surface area contributed by atoms with E-state index in [0.29, 0.717) is 67.8 Å². The number of amides is 4. The van der Waals surface area contributed by atoms with Crippen molar-refractivity contribution < 1.29 is 28.7 Å². The first-order valence-corrected chi connectivity index (χ1v) is 20.8. The number of tetrazole rings is 2. The molecular weight excluding hydrogens is 968 g/mol. The second-order valence-corrected chi connectivity index (χ2v) is 15.7. The minimum Gasteiger partial charge on any atom is -0.456 e. The number of hydrogen-bond donors (Lipinski definition) is 8. The van der Waals surface area contributed by atoms with Crippen LogP contribution in [0.25, 0.3) is 44.6 Å². The van der Waals surface area contributed by atoms with E-state index in [2.05, 4.69) is 104 Å². The summed E-state index contributed by atoms with van der Waals surface area (Å²) < 4.78 is 6.31. The lowest BCUT2D eigenvalue weighted by molar-refractivity contribution is -0.144. The van der Waals surface area contributed by atoms with E-state index in [-0.39, 0.29) is 17.5 Å². The van der Waals surface area contributed by atoms with Crippen LogP contribution in [0.15, 0.2) is 124 Å². The first kappa shape index (κ1) is 43.3. The minimum absolute atomic E-state index is 0.233. The lowest BCUT2D eigenvalue weighted by Gasteiger charge is -2.09. The summed E-state index contributed by atoms with van der Waals surface area (Å²) in [6, 6.07) is 33.7. The van der Waals surface area contributed by atoms with Crippen LogP contribution in [-0.4, -0.2) is 87.4 Å². The topological polar surface area (TPSA) is 283 Å². The van der Waals surface area contributed by atoms with Gasteiger partial charge in [0.1, 0.15) is 11.4 Å². The summed E-state index contributed by atoms with van der Waals surface area (Å²) in [5, 5.41) is 40.4. The van der Waals surface area contributed by atoms with Gasteiger partial charge in [0, 0.05) is 43.3 Å². The van der Waals surface area contributed by atoms with E-state index in [4.69, 9.17) is 4.74 Å². The molecule has 65 heavy (non-hydrogen) atoms. The number of nitrogens with one attached hydrogen (secondary N) is 8. The van der Waals surface area contributed by atoms with Gasteiger partial charge in [-0.3, -0.25) is 24.0 Å². The number of benzene rings is 5. The van der Waals surface area contributed by atoms with E-state index in [1.54, 1.807) is 91.0 Å². The van der Waals surface area contributed by atoms with Crippen molar-refractivity contribution in [1.82, 2.24) is 51.2 Å². The van der Waals surface area contributed by atoms with Crippen LogP contribution < -0.4 is 21.3 Å². The molecule has 9 rings (SSSR count). The normalized spacial score (nSPS) is 10.8. The Morgan fingerprint density at radius 2 is 1.05 bits per heavy atom. The Labute approximate surface area is 383 Å². The van der Waals surface area contributed by atoms with Gasteiger partial charge in [0.15, 0.2) is 18.3 Å². The second kappa shape index (κ2) is 19.3. The molecule has 0 aliphatic heterocycles. The highest BCUT2D eigenvalue weighted by molar-refractivity contribution is 9.10. The molecule has 0 unspecified atom stereocenters. The number of hydrogen-bond acceptors (Lipinski definition) is 12. The molecule has 4 aromatic heterocycles. The van der Waals surface area contributed by atoms with Crippen LogP contribution in [0, 0.1) is 0 Å². The highest BCUT2D eigenvalue weighted by Gasteiger charge is 2.19. The summed E-state index contributed by atoms with van der Waals surface area (Å²) >= 11 is 6.82. The summed E-state index contributed by atoms with van der Waals surface area (Å²) in [5.41, 5.74) is 5.70. The summed E-state index contributed by atoms with van der Waals surface area (Å²) in [4.78, 5) is 67.6. The molecule has 0 fully saturated rings. The van der Waals surface area contributed by atoms with E-state index in [1.807, 2.05) is 24.3 Å². The highest BCUT2D eigenvalue weighted by atomic mass is 79.9. The number of ether oxygens (including phenoxy) is 1. The third-order valence-corrected chi connectivity index (χ3v) is 10.4. The van der Waals surface area contributed by atoms with E-state index in [0.717, 1.165) is 19.7 Å².